The molecule has 0 radical (unpaired) electrons. The summed E-state index contributed by atoms with van der Waals surface area (Å²) in [5.74, 6) is -1.87. The van der Waals surface area contributed by atoms with Crippen LogP contribution in [0.3, 0.4) is 0 Å². The van der Waals surface area contributed by atoms with Crippen LogP contribution >= 0.6 is 0 Å². The molecule has 2 aliphatic heterocycles. The zero-order valence-electron chi connectivity index (χ0n) is 20.2. The molecule has 4 heterocycles. The summed E-state index contributed by atoms with van der Waals surface area (Å²) in [6, 6.07) is 8.57. The van der Waals surface area contributed by atoms with Gasteiger partial charge in [-0.2, -0.15) is 13.2 Å². The number of aromatic nitrogens is 2. The molecule has 2 atom stereocenters. The number of nitrogen functional groups attached to an aromatic ring is 1. The highest BCUT2D eigenvalue weighted by atomic mass is 19.4. The zero-order chi connectivity index (χ0) is 26.2. The van der Waals surface area contributed by atoms with E-state index in [1.165, 1.54) is 12.4 Å². The molecule has 0 spiro atoms. The van der Waals surface area contributed by atoms with Crippen LogP contribution in [0.25, 0.3) is 10.9 Å². The summed E-state index contributed by atoms with van der Waals surface area (Å²) >= 11 is 0. The maximum absolute atomic E-state index is 13.5. The Morgan fingerprint density at radius 3 is 2.65 bits per heavy atom. The van der Waals surface area contributed by atoms with Crippen LogP contribution in [0.15, 0.2) is 42.7 Å². The highest BCUT2D eigenvalue weighted by Gasteiger charge is 2.44. The molecule has 0 bridgehead atoms. The molecule has 2 aromatic heterocycles. The van der Waals surface area contributed by atoms with Gasteiger partial charge in [0.15, 0.2) is 5.78 Å². The van der Waals surface area contributed by atoms with Crippen LogP contribution in [0.1, 0.15) is 22.5 Å². The molecule has 2 aliphatic rings. The molecule has 0 saturated carbocycles. The lowest BCUT2D eigenvalue weighted by Crippen LogP contribution is -2.51. The van der Waals surface area contributed by atoms with E-state index in [-0.39, 0.29) is 43.1 Å². The third-order valence-electron chi connectivity index (χ3n) is 6.99. The minimum absolute atomic E-state index is 0.0997. The van der Waals surface area contributed by atoms with E-state index in [1.54, 1.807) is 17.0 Å². The van der Waals surface area contributed by atoms with Gasteiger partial charge < -0.3 is 26.0 Å². The van der Waals surface area contributed by atoms with Crippen LogP contribution in [0, 0.1) is 5.92 Å². The first kappa shape index (κ1) is 25.2. The van der Waals surface area contributed by atoms with Crippen molar-refractivity contribution in [2.45, 2.75) is 25.1 Å². The summed E-state index contributed by atoms with van der Waals surface area (Å²) < 4.78 is 45.8. The first-order chi connectivity index (χ1) is 17.7. The van der Waals surface area contributed by atoms with Gasteiger partial charge in [-0.15, -0.1) is 0 Å². The Labute approximate surface area is 212 Å². The number of piperidine rings is 1. The van der Waals surface area contributed by atoms with Crippen LogP contribution in [-0.2, 0) is 11.2 Å². The van der Waals surface area contributed by atoms with Gasteiger partial charge in [0.25, 0.3) is 0 Å². The lowest BCUT2D eigenvalue weighted by molar-refractivity contribution is -0.177. The third kappa shape index (κ3) is 5.47. The summed E-state index contributed by atoms with van der Waals surface area (Å²) in [7, 11) is 0. The number of fused-ring (bicyclic) bond motifs is 1. The Bertz CT molecular complexity index is 1300. The molecule has 0 amide bonds. The number of halogens is 3. The average molecular weight is 515 g/mol. The van der Waals surface area contributed by atoms with Gasteiger partial charge in [0.1, 0.15) is 5.69 Å². The number of nitrogens with zero attached hydrogens (tertiary/aromatic N) is 4. The minimum atomic E-state index is -4.34. The van der Waals surface area contributed by atoms with Crippen molar-refractivity contribution in [3.63, 3.8) is 0 Å². The molecule has 37 heavy (non-hydrogen) atoms. The van der Waals surface area contributed by atoms with Crippen molar-refractivity contribution in [3.8, 4) is 0 Å². The van der Waals surface area contributed by atoms with Gasteiger partial charge in [-0.3, -0.25) is 9.78 Å². The van der Waals surface area contributed by atoms with Crippen molar-refractivity contribution in [3.05, 3.63) is 54.0 Å². The van der Waals surface area contributed by atoms with Gasteiger partial charge in [-0.05, 0) is 30.7 Å². The van der Waals surface area contributed by atoms with E-state index in [0.29, 0.717) is 30.0 Å². The number of Topliss-reactive ketones (excluding diaryl/α,β-unsaturated/α-hetero) is 1. The van der Waals surface area contributed by atoms with E-state index in [0.717, 1.165) is 24.2 Å². The highest BCUT2D eigenvalue weighted by molar-refractivity contribution is 6.03. The molecule has 196 valence electrons. The second-order valence-electron chi connectivity index (χ2n) is 9.65. The van der Waals surface area contributed by atoms with E-state index in [4.69, 9.17) is 16.2 Å². The molecule has 4 N–H and O–H groups in total. The maximum Gasteiger partial charge on any atom is 0.393 e. The fourth-order valence-corrected chi connectivity index (χ4v) is 5.11. The first-order valence-corrected chi connectivity index (χ1v) is 12.3. The van der Waals surface area contributed by atoms with Crippen LogP contribution in [0.4, 0.5) is 30.2 Å². The van der Waals surface area contributed by atoms with E-state index in [2.05, 4.69) is 14.9 Å². The number of pyridine rings is 2. The van der Waals surface area contributed by atoms with Crippen LogP contribution in [0.2, 0.25) is 0 Å². The quantitative estimate of drug-likeness (QED) is 0.500. The molecular formula is C26H29F3N6O2. The fourth-order valence-electron chi connectivity index (χ4n) is 5.11. The lowest BCUT2D eigenvalue weighted by atomic mass is 9.93. The molecule has 11 heteroatoms. The summed E-state index contributed by atoms with van der Waals surface area (Å²) in [5.41, 5.74) is 15.2. The number of benzene rings is 1. The molecule has 2 fully saturated rings. The lowest BCUT2D eigenvalue weighted by Gasteiger charge is -2.39. The molecule has 0 aliphatic carbocycles. The monoisotopic (exact) mass is 514 g/mol. The van der Waals surface area contributed by atoms with Crippen molar-refractivity contribution < 1.29 is 22.7 Å². The fraction of sp³-hybridized carbons (Fsp3) is 0.423. The minimum Gasteiger partial charge on any atom is -0.397 e. The number of ketones is 1. The average Bonchev–Trinajstić information content (AvgIpc) is 2.88. The highest BCUT2D eigenvalue weighted by Crippen LogP contribution is 2.35. The number of hydrogen-bond acceptors (Lipinski definition) is 8. The first-order valence-electron chi connectivity index (χ1n) is 12.3. The van der Waals surface area contributed by atoms with Crippen LogP contribution in [0.5, 0.6) is 0 Å². The largest absolute Gasteiger partial charge is 0.397 e. The van der Waals surface area contributed by atoms with Crippen molar-refractivity contribution in [2.24, 2.45) is 11.7 Å². The summed E-state index contributed by atoms with van der Waals surface area (Å²) in [4.78, 5) is 25.9. The van der Waals surface area contributed by atoms with Gasteiger partial charge >= 0.3 is 6.18 Å². The number of carbonyl (C=O) groups is 1. The Kier molecular flexibility index (Phi) is 6.91. The van der Waals surface area contributed by atoms with Crippen molar-refractivity contribution in [1.29, 1.82) is 0 Å². The topological polar surface area (TPSA) is 111 Å². The number of morpholine rings is 1. The molecule has 8 nitrogen and oxygen atoms in total. The molecule has 0 unspecified atom stereocenters. The van der Waals surface area contributed by atoms with Gasteiger partial charge in [0.05, 0.1) is 30.3 Å². The smallest absolute Gasteiger partial charge is 0.393 e. The summed E-state index contributed by atoms with van der Waals surface area (Å²) in [5, 5.41) is 0.814. The normalized spacial score (nSPS) is 20.9. The van der Waals surface area contributed by atoms with Crippen molar-refractivity contribution in [2.75, 3.05) is 54.9 Å². The maximum atomic E-state index is 13.5. The number of nitrogens with two attached hydrogens (primary N) is 2. The predicted octanol–water partition coefficient (Wildman–Crippen LogP) is 3.19. The van der Waals surface area contributed by atoms with Crippen LogP contribution < -0.4 is 21.3 Å². The zero-order valence-corrected chi connectivity index (χ0v) is 20.2. The van der Waals surface area contributed by atoms with E-state index < -0.39 is 18.1 Å². The standard InChI is InChI=1S/C26H29F3N6O2/c27-26(28,29)18-11-19(30)15-35(14-18)23-3-4-32-13-17(23)10-24(36)25-21(31)9-16-1-2-20(12-22(16)33-25)34-5-7-37-8-6-34/h1-4,9,12-13,18-19H,5-8,10-11,14-15,30-31H2/t18-,19+/m1/s1. The number of ether oxygens (including phenoxy) is 1. The number of carbonyl (C=O) groups excluding carboxylic acids is 1. The summed E-state index contributed by atoms with van der Waals surface area (Å²) in [6.45, 7) is 2.88. The molecule has 3 aromatic rings. The number of rotatable bonds is 5. The molecule has 5 rings (SSSR count). The van der Waals surface area contributed by atoms with E-state index in [1.807, 2.05) is 18.2 Å². The van der Waals surface area contributed by atoms with Crippen molar-refractivity contribution >= 4 is 33.7 Å². The van der Waals surface area contributed by atoms with E-state index in [9.17, 15) is 18.0 Å². The summed E-state index contributed by atoms with van der Waals surface area (Å²) in [6.07, 6.45) is -1.56. The Morgan fingerprint density at radius 1 is 1.11 bits per heavy atom. The van der Waals surface area contributed by atoms with Gasteiger partial charge in [-0.25, -0.2) is 4.98 Å². The second kappa shape index (κ2) is 10.1. The van der Waals surface area contributed by atoms with E-state index >= 15 is 0 Å². The number of hydrogen-bond donors (Lipinski definition) is 2. The molecule has 2 saturated heterocycles. The predicted molar refractivity (Wildman–Crippen MR) is 136 cm³/mol. The second-order valence-corrected chi connectivity index (χ2v) is 9.65. The Morgan fingerprint density at radius 2 is 1.89 bits per heavy atom. The van der Waals surface area contributed by atoms with Gasteiger partial charge in [0.2, 0.25) is 0 Å². The van der Waals surface area contributed by atoms with Gasteiger partial charge in [-0.1, -0.05) is 6.07 Å². The van der Waals surface area contributed by atoms with Gasteiger partial charge in [0, 0.05) is 73.4 Å². The third-order valence-corrected chi connectivity index (χ3v) is 6.99. The Hall–Kier alpha value is -3.44. The van der Waals surface area contributed by atoms with Crippen molar-refractivity contribution in [1.82, 2.24) is 9.97 Å². The Balaban J connectivity index is 1.41. The van der Waals surface area contributed by atoms with Crippen LogP contribution in [-0.4, -0.2) is 67.4 Å². The SMILES string of the molecule is Nc1cc2ccc(N3CCOCC3)cc2nc1C(=O)Cc1cnccc1N1C[C@@H](N)C[C@@H](C(F)(F)F)C1. The molecule has 1 aromatic carbocycles. The molecular weight excluding hydrogens is 485 g/mol. The number of anilines is 3. The number of alkyl halides is 3.